The molecule has 0 radical (unpaired) electrons. The van der Waals surface area contributed by atoms with E-state index in [9.17, 15) is 9.59 Å². The van der Waals surface area contributed by atoms with Crippen LogP contribution in [0.5, 0.6) is 0 Å². The van der Waals surface area contributed by atoms with Crippen LogP contribution in [0, 0.1) is 0 Å². The van der Waals surface area contributed by atoms with Crippen LogP contribution in [0.25, 0.3) is 0 Å². The molecule has 5 heteroatoms. The zero-order chi connectivity index (χ0) is 43.5. The van der Waals surface area contributed by atoms with Crippen LogP contribution in [0.15, 0.2) is 72.9 Å². The average molecular weight is 837 g/mol. The molecule has 0 spiro atoms. The third-order valence-electron chi connectivity index (χ3n) is 10.7. The molecule has 346 valence electrons. The summed E-state index contributed by atoms with van der Waals surface area (Å²) in [7, 11) is 0. The molecular formula is C55H96O5. The average Bonchev–Trinajstić information content (AvgIpc) is 3.25. The molecule has 60 heavy (non-hydrogen) atoms. The Hall–Kier alpha value is -2.66. The third kappa shape index (κ3) is 48.0. The maximum atomic E-state index is 12.7. The van der Waals surface area contributed by atoms with E-state index in [0.717, 1.165) is 83.5 Å². The zero-order valence-electron chi connectivity index (χ0n) is 39.7. The van der Waals surface area contributed by atoms with Crippen LogP contribution in [0.3, 0.4) is 0 Å². The molecule has 0 saturated heterocycles. The molecule has 0 bridgehead atoms. The summed E-state index contributed by atoms with van der Waals surface area (Å²) in [5.74, 6) is -0.418. The molecule has 0 heterocycles. The highest BCUT2D eigenvalue weighted by Gasteiger charge is 2.17. The van der Waals surface area contributed by atoms with E-state index in [2.05, 4.69) is 93.7 Å². The van der Waals surface area contributed by atoms with Crippen molar-refractivity contribution in [2.75, 3.05) is 19.8 Å². The van der Waals surface area contributed by atoms with Crippen LogP contribution >= 0.6 is 0 Å². The van der Waals surface area contributed by atoms with Crippen molar-refractivity contribution >= 4 is 11.9 Å². The van der Waals surface area contributed by atoms with E-state index in [1.807, 2.05) is 0 Å². The molecule has 0 aromatic rings. The first-order valence-electron chi connectivity index (χ1n) is 25.5. The van der Waals surface area contributed by atoms with E-state index >= 15 is 0 Å². The summed E-state index contributed by atoms with van der Waals surface area (Å²) in [4.78, 5) is 25.2. The van der Waals surface area contributed by atoms with Crippen molar-refractivity contribution < 1.29 is 23.8 Å². The minimum atomic E-state index is -0.544. The number of hydrogen-bond donors (Lipinski definition) is 0. The molecule has 1 atom stereocenters. The van der Waals surface area contributed by atoms with Gasteiger partial charge in [-0.25, -0.2) is 0 Å². The molecule has 0 aromatic carbocycles. The monoisotopic (exact) mass is 837 g/mol. The first kappa shape index (κ1) is 57.3. The molecule has 0 aliphatic rings. The van der Waals surface area contributed by atoms with Gasteiger partial charge in [-0.15, -0.1) is 0 Å². The van der Waals surface area contributed by atoms with E-state index < -0.39 is 6.10 Å². The van der Waals surface area contributed by atoms with Crippen molar-refractivity contribution in [3.8, 4) is 0 Å². The fourth-order valence-electron chi connectivity index (χ4n) is 6.94. The van der Waals surface area contributed by atoms with Crippen molar-refractivity contribution in [2.45, 2.75) is 245 Å². The van der Waals surface area contributed by atoms with Gasteiger partial charge in [0.25, 0.3) is 0 Å². The zero-order valence-corrected chi connectivity index (χ0v) is 39.7. The number of carbonyl (C=O) groups is 2. The van der Waals surface area contributed by atoms with E-state index in [1.54, 1.807) is 0 Å². The van der Waals surface area contributed by atoms with Gasteiger partial charge in [-0.2, -0.15) is 0 Å². The molecule has 5 nitrogen and oxygen atoms in total. The second-order valence-electron chi connectivity index (χ2n) is 16.7. The molecule has 0 fully saturated rings. The number of unbranched alkanes of at least 4 members (excludes halogenated alkanes) is 23. The number of rotatable bonds is 46. The standard InChI is InChI=1S/C55H96O5/c1-4-7-10-13-16-18-20-22-24-26-27-28-30-32-34-36-38-41-44-47-50-58-51-53(60-55(57)49-46-43-39-15-12-9-6-3)52-59-54(56)48-45-42-40-37-35-33-31-29-25-23-21-19-17-14-11-8-5-2/h8,11,16-19,22-25,27-28,53H,4-7,9-10,12-15,20-21,26,29-52H2,1-3H3/b11-8-,18-16-,19-17-,24-22-,25-23-,28-27-. The molecule has 0 saturated carbocycles. The van der Waals surface area contributed by atoms with Gasteiger partial charge < -0.3 is 14.2 Å². The van der Waals surface area contributed by atoms with Crippen molar-refractivity contribution in [2.24, 2.45) is 0 Å². The van der Waals surface area contributed by atoms with Gasteiger partial charge in [0.1, 0.15) is 6.61 Å². The number of allylic oxidation sites excluding steroid dienone is 12. The van der Waals surface area contributed by atoms with Gasteiger partial charge in [0.15, 0.2) is 6.10 Å². The summed E-state index contributed by atoms with van der Waals surface area (Å²) in [6.45, 7) is 7.63. The molecule has 1 unspecified atom stereocenters. The van der Waals surface area contributed by atoms with Crippen LogP contribution < -0.4 is 0 Å². The van der Waals surface area contributed by atoms with Gasteiger partial charge in [-0.3, -0.25) is 9.59 Å². The molecule has 0 N–H and O–H groups in total. The Morgan fingerprint density at radius 2 is 0.750 bits per heavy atom. The highest BCUT2D eigenvalue weighted by atomic mass is 16.6. The highest BCUT2D eigenvalue weighted by molar-refractivity contribution is 5.70. The Kier molecular flexibility index (Phi) is 48.4. The van der Waals surface area contributed by atoms with E-state index in [0.29, 0.717) is 19.4 Å². The second-order valence-corrected chi connectivity index (χ2v) is 16.7. The maximum Gasteiger partial charge on any atom is 0.306 e. The molecule has 0 aromatic heterocycles. The van der Waals surface area contributed by atoms with Crippen LogP contribution in [0.4, 0.5) is 0 Å². The van der Waals surface area contributed by atoms with Crippen LogP contribution in [-0.4, -0.2) is 37.9 Å². The van der Waals surface area contributed by atoms with Crippen LogP contribution in [-0.2, 0) is 23.8 Å². The molecular weight excluding hydrogens is 741 g/mol. The SMILES string of the molecule is CC/C=C\C/C=C\C/C=C\CCCCCCCCCC(=O)OCC(COCCCCCCCCC/C=C\C/C=C\C/C=C\CCCCC)OC(=O)CCCCCCCCC. The van der Waals surface area contributed by atoms with E-state index in [4.69, 9.17) is 14.2 Å². The lowest BCUT2D eigenvalue weighted by Crippen LogP contribution is -2.30. The minimum absolute atomic E-state index is 0.0748. The Morgan fingerprint density at radius 1 is 0.383 bits per heavy atom. The van der Waals surface area contributed by atoms with Gasteiger partial charge in [0, 0.05) is 19.4 Å². The molecule has 0 aliphatic heterocycles. The number of esters is 2. The van der Waals surface area contributed by atoms with Gasteiger partial charge in [-0.05, 0) is 89.9 Å². The number of hydrogen-bond acceptors (Lipinski definition) is 5. The summed E-state index contributed by atoms with van der Waals surface area (Å²) in [5.41, 5.74) is 0. The lowest BCUT2D eigenvalue weighted by Gasteiger charge is -2.18. The summed E-state index contributed by atoms with van der Waals surface area (Å²) >= 11 is 0. The Bertz CT molecular complexity index is 1080. The van der Waals surface area contributed by atoms with Crippen molar-refractivity contribution in [1.29, 1.82) is 0 Å². The topological polar surface area (TPSA) is 61.8 Å². The van der Waals surface area contributed by atoms with Crippen LogP contribution in [0.2, 0.25) is 0 Å². The maximum absolute atomic E-state index is 12.7. The number of ether oxygens (including phenoxy) is 3. The summed E-state index contributed by atoms with van der Waals surface area (Å²) < 4.78 is 17.3. The van der Waals surface area contributed by atoms with Crippen molar-refractivity contribution in [3.63, 3.8) is 0 Å². The fraction of sp³-hybridized carbons (Fsp3) is 0.745. The van der Waals surface area contributed by atoms with Gasteiger partial charge in [-0.1, -0.05) is 209 Å². The first-order chi connectivity index (χ1) is 29.6. The van der Waals surface area contributed by atoms with Crippen LogP contribution in [0.1, 0.15) is 239 Å². The predicted molar refractivity (Wildman–Crippen MR) is 260 cm³/mol. The minimum Gasteiger partial charge on any atom is -0.462 e. The van der Waals surface area contributed by atoms with E-state index in [1.165, 1.54) is 122 Å². The Labute approximate surface area is 372 Å². The fourth-order valence-corrected chi connectivity index (χ4v) is 6.94. The quantitative estimate of drug-likeness (QED) is 0.0347. The third-order valence-corrected chi connectivity index (χ3v) is 10.7. The normalized spacial score (nSPS) is 12.8. The van der Waals surface area contributed by atoms with Gasteiger partial charge >= 0.3 is 11.9 Å². The smallest absolute Gasteiger partial charge is 0.306 e. The molecule has 0 rings (SSSR count). The largest absolute Gasteiger partial charge is 0.462 e. The lowest BCUT2D eigenvalue weighted by atomic mass is 10.1. The van der Waals surface area contributed by atoms with Gasteiger partial charge in [0.05, 0.1) is 6.61 Å². The predicted octanol–water partition coefficient (Wildman–Crippen LogP) is 17.1. The lowest BCUT2D eigenvalue weighted by molar-refractivity contribution is -0.163. The Balaban J connectivity index is 4.14. The summed E-state index contributed by atoms with van der Waals surface area (Å²) in [6.07, 6.45) is 64.9. The first-order valence-corrected chi connectivity index (χ1v) is 25.5. The second kappa shape index (κ2) is 50.7. The van der Waals surface area contributed by atoms with E-state index in [-0.39, 0.29) is 25.2 Å². The van der Waals surface area contributed by atoms with Crippen molar-refractivity contribution in [1.82, 2.24) is 0 Å². The molecule has 0 aliphatic carbocycles. The summed E-state index contributed by atoms with van der Waals surface area (Å²) in [6, 6.07) is 0. The van der Waals surface area contributed by atoms with Gasteiger partial charge in [0.2, 0.25) is 0 Å². The summed E-state index contributed by atoms with van der Waals surface area (Å²) in [5, 5.41) is 0. The Morgan fingerprint density at radius 3 is 1.23 bits per heavy atom. The van der Waals surface area contributed by atoms with Crippen molar-refractivity contribution in [3.05, 3.63) is 72.9 Å². The number of carbonyl (C=O) groups excluding carboxylic acids is 2. The molecule has 0 amide bonds. The highest BCUT2D eigenvalue weighted by Crippen LogP contribution is 2.14.